The van der Waals surface area contributed by atoms with E-state index in [0.717, 1.165) is 12.1 Å². The lowest BCUT2D eigenvalue weighted by atomic mass is 10.2. The van der Waals surface area contributed by atoms with E-state index in [0.29, 0.717) is 0 Å². The summed E-state index contributed by atoms with van der Waals surface area (Å²) < 4.78 is 31.3. The van der Waals surface area contributed by atoms with Crippen molar-refractivity contribution >= 4 is 40.8 Å². The lowest BCUT2D eigenvalue weighted by Crippen LogP contribution is -2.21. The number of hydrogen-bond acceptors (Lipinski definition) is 3. The van der Waals surface area contributed by atoms with Gasteiger partial charge in [0.15, 0.2) is 17.4 Å². The predicted octanol–water partition coefficient (Wildman–Crippen LogP) is 4.09. The van der Waals surface area contributed by atoms with Gasteiger partial charge in [-0.1, -0.05) is 23.2 Å². The minimum Gasteiger partial charge on any atom is -0.474 e. The Hall–Kier alpha value is -2.38. The number of carbonyl (C=O) groups excluding carboxylic acids is 1. The summed E-state index contributed by atoms with van der Waals surface area (Å²) in [6, 6.07) is 5.24. The first-order valence-corrected chi connectivity index (χ1v) is 6.69. The second-order valence-corrected chi connectivity index (χ2v) is 5.02. The molecule has 0 unspecified atom stereocenters. The Morgan fingerprint density at radius 2 is 1.65 bits per heavy atom. The molecule has 0 radical (unpaired) electrons. The SMILES string of the molecule is O=C(O)C(=O)Nc1cc(Cl)c(Oc2ccc(F)c(F)c2)c(Cl)c1. The van der Waals surface area contributed by atoms with E-state index in [1.165, 1.54) is 18.2 Å². The maximum absolute atomic E-state index is 13.1. The zero-order valence-corrected chi connectivity index (χ0v) is 12.6. The summed E-state index contributed by atoms with van der Waals surface area (Å²) in [4.78, 5) is 21.5. The van der Waals surface area contributed by atoms with Crippen LogP contribution in [0.3, 0.4) is 0 Å². The number of amides is 1. The second kappa shape index (κ2) is 6.80. The molecule has 0 aliphatic rings. The molecule has 0 atom stereocenters. The van der Waals surface area contributed by atoms with Gasteiger partial charge in [-0.25, -0.2) is 13.6 Å². The van der Waals surface area contributed by atoms with Gasteiger partial charge in [0.25, 0.3) is 0 Å². The molecule has 1 amide bonds. The van der Waals surface area contributed by atoms with Gasteiger partial charge >= 0.3 is 11.9 Å². The molecule has 0 heterocycles. The summed E-state index contributed by atoms with van der Waals surface area (Å²) in [7, 11) is 0. The lowest BCUT2D eigenvalue weighted by molar-refractivity contribution is -0.147. The number of benzene rings is 2. The first-order valence-electron chi connectivity index (χ1n) is 5.94. The highest BCUT2D eigenvalue weighted by Gasteiger charge is 2.16. The average molecular weight is 362 g/mol. The van der Waals surface area contributed by atoms with Crippen LogP contribution in [0.5, 0.6) is 11.5 Å². The summed E-state index contributed by atoms with van der Waals surface area (Å²) in [5.41, 5.74) is 0.0324. The number of halogens is 4. The number of aliphatic carboxylic acids is 1. The van der Waals surface area contributed by atoms with Gasteiger partial charge in [-0.3, -0.25) is 4.79 Å². The zero-order chi connectivity index (χ0) is 17.1. The van der Waals surface area contributed by atoms with E-state index in [1.807, 2.05) is 0 Å². The van der Waals surface area contributed by atoms with E-state index in [1.54, 1.807) is 0 Å². The Labute approximate surface area is 138 Å². The number of rotatable bonds is 3. The molecular weight excluding hydrogens is 355 g/mol. The summed E-state index contributed by atoms with van der Waals surface area (Å²) >= 11 is 11.9. The van der Waals surface area contributed by atoms with Crippen molar-refractivity contribution in [2.24, 2.45) is 0 Å². The highest BCUT2D eigenvalue weighted by atomic mass is 35.5. The molecule has 0 aliphatic carbocycles. The summed E-state index contributed by atoms with van der Waals surface area (Å²) in [6.07, 6.45) is 0. The van der Waals surface area contributed by atoms with Crippen LogP contribution in [0.15, 0.2) is 30.3 Å². The number of hydrogen-bond donors (Lipinski definition) is 2. The molecule has 2 aromatic carbocycles. The van der Waals surface area contributed by atoms with Crippen molar-refractivity contribution < 1.29 is 28.2 Å². The first kappa shape index (κ1) is 17.0. The Balaban J connectivity index is 2.28. The van der Waals surface area contributed by atoms with E-state index in [2.05, 4.69) is 5.32 Å². The summed E-state index contributed by atoms with van der Waals surface area (Å²) in [5, 5.41) is 10.4. The highest BCUT2D eigenvalue weighted by molar-refractivity contribution is 6.39. The molecule has 9 heteroatoms. The third-order valence-electron chi connectivity index (χ3n) is 2.56. The Morgan fingerprint density at radius 3 is 2.17 bits per heavy atom. The molecule has 0 fully saturated rings. The highest BCUT2D eigenvalue weighted by Crippen LogP contribution is 2.39. The average Bonchev–Trinajstić information content (AvgIpc) is 2.46. The molecule has 0 saturated carbocycles. The van der Waals surface area contributed by atoms with Crippen molar-refractivity contribution in [3.63, 3.8) is 0 Å². The number of carbonyl (C=O) groups is 2. The largest absolute Gasteiger partial charge is 0.474 e. The molecule has 0 aromatic heterocycles. The third kappa shape index (κ3) is 4.08. The zero-order valence-electron chi connectivity index (χ0n) is 11.1. The van der Waals surface area contributed by atoms with Crippen LogP contribution in [0.1, 0.15) is 0 Å². The molecule has 2 rings (SSSR count). The molecule has 0 spiro atoms. The maximum atomic E-state index is 13.1. The molecule has 5 nitrogen and oxygen atoms in total. The van der Waals surface area contributed by atoms with E-state index < -0.39 is 23.5 Å². The quantitative estimate of drug-likeness (QED) is 0.807. The molecule has 0 bridgehead atoms. The van der Waals surface area contributed by atoms with Crippen molar-refractivity contribution in [2.45, 2.75) is 0 Å². The van der Waals surface area contributed by atoms with E-state index in [-0.39, 0.29) is 27.2 Å². The first-order chi connectivity index (χ1) is 10.8. The van der Waals surface area contributed by atoms with Crippen LogP contribution in [-0.4, -0.2) is 17.0 Å². The van der Waals surface area contributed by atoms with Crippen molar-refractivity contribution in [1.29, 1.82) is 0 Å². The summed E-state index contributed by atoms with van der Waals surface area (Å²) in [5.74, 6) is -5.21. The van der Waals surface area contributed by atoms with Crippen molar-refractivity contribution in [1.82, 2.24) is 0 Å². The van der Waals surface area contributed by atoms with Gasteiger partial charge in [0.2, 0.25) is 0 Å². The van der Waals surface area contributed by atoms with Gasteiger partial charge in [-0.2, -0.15) is 0 Å². The van der Waals surface area contributed by atoms with Crippen molar-refractivity contribution in [3.05, 3.63) is 52.0 Å². The van der Waals surface area contributed by atoms with Gasteiger partial charge in [-0.05, 0) is 24.3 Å². The Morgan fingerprint density at radius 1 is 1.04 bits per heavy atom. The smallest absolute Gasteiger partial charge is 0.394 e. The van der Waals surface area contributed by atoms with E-state index >= 15 is 0 Å². The van der Waals surface area contributed by atoms with Crippen molar-refractivity contribution in [2.75, 3.05) is 5.32 Å². The van der Waals surface area contributed by atoms with Crippen LogP contribution < -0.4 is 10.1 Å². The fourth-order valence-corrected chi connectivity index (χ4v) is 2.14. The molecule has 0 saturated heterocycles. The number of anilines is 1. The number of nitrogens with one attached hydrogen (secondary N) is 1. The maximum Gasteiger partial charge on any atom is 0.394 e. The third-order valence-corrected chi connectivity index (χ3v) is 3.12. The minimum absolute atomic E-state index is 0.0324. The van der Waals surface area contributed by atoms with Gasteiger partial charge in [0.1, 0.15) is 5.75 Å². The molecule has 0 aliphatic heterocycles. The van der Waals surface area contributed by atoms with Gasteiger partial charge < -0.3 is 15.2 Å². The van der Waals surface area contributed by atoms with Crippen LogP contribution in [-0.2, 0) is 9.59 Å². The summed E-state index contributed by atoms with van der Waals surface area (Å²) in [6.45, 7) is 0. The molecule has 23 heavy (non-hydrogen) atoms. The molecule has 2 N–H and O–H groups in total. The lowest BCUT2D eigenvalue weighted by Gasteiger charge is -2.12. The van der Waals surface area contributed by atoms with Gasteiger partial charge in [0, 0.05) is 11.8 Å². The standard InChI is InChI=1S/C14H7Cl2F2NO4/c15-8-3-6(19-13(20)14(21)22)4-9(16)12(8)23-7-1-2-10(17)11(18)5-7/h1-5H,(H,19,20)(H,21,22). The van der Waals surface area contributed by atoms with Crippen LogP contribution in [0.25, 0.3) is 0 Å². The second-order valence-electron chi connectivity index (χ2n) is 4.21. The minimum atomic E-state index is -1.68. The van der Waals surface area contributed by atoms with Gasteiger partial charge in [0.05, 0.1) is 10.0 Å². The van der Waals surface area contributed by atoms with Crippen LogP contribution in [0, 0.1) is 11.6 Å². The monoisotopic (exact) mass is 361 g/mol. The predicted molar refractivity (Wildman–Crippen MR) is 79.2 cm³/mol. The van der Waals surface area contributed by atoms with E-state index in [9.17, 15) is 18.4 Å². The molecular formula is C14H7Cl2F2NO4. The van der Waals surface area contributed by atoms with Gasteiger partial charge in [-0.15, -0.1) is 0 Å². The van der Waals surface area contributed by atoms with Crippen LogP contribution in [0.4, 0.5) is 14.5 Å². The van der Waals surface area contributed by atoms with Crippen LogP contribution in [0.2, 0.25) is 10.0 Å². The number of ether oxygens (including phenoxy) is 1. The fraction of sp³-hybridized carbons (Fsp3) is 0. The normalized spacial score (nSPS) is 10.3. The fourth-order valence-electron chi connectivity index (χ4n) is 1.57. The Bertz CT molecular complexity index is 775. The topological polar surface area (TPSA) is 75.6 Å². The number of carboxylic acid groups (broad SMARTS) is 1. The van der Waals surface area contributed by atoms with Crippen molar-refractivity contribution in [3.8, 4) is 11.5 Å². The van der Waals surface area contributed by atoms with Crippen LogP contribution >= 0.6 is 23.2 Å². The molecule has 2 aromatic rings. The Kier molecular flexibility index (Phi) is 5.02. The van der Waals surface area contributed by atoms with E-state index in [4.69, 9.17) is 33.0 Å². The number of carboxylic acids is 1. The molecule has 120 valence electrons.